The molecule has 0 spiro atoms. The minimum absolute atomic E-state index is 0.00159. The number of anilines is 1. The normalized spacial score (nSPS) is 16.2. The molecular weight excluding hydrogens is 463 g/mol. The molecule has 1 aromatic heterocycles. The Balaban J connectivity index is 1.90. The van der Waals surface area contributed by atoms with Gasteiger partial charge in [0.15, 0.2) is 0 Å². The van der Waals surface area contributed by atoms with E-state index in [2.05, 4.69) is 5.32 Å². The molecule has 0 aliphatic carbocycles. The van der Waals surface area contributed by atoms with Crippen LogP contribution in [0.25, 0.3) is 0 Å². The summed E-state index contributed by atoms with van der Waals surface area (Å²) in [5.41, 5.74) is 0.813. The Morgan fingerprint density at radius 1 is 1.23 bits per heavy atom. The van der Waals surface area contributed by atoms with Crippen LogP contribution in [0.1, 0.15) is 32.9 Å². The quantitative estimate of drug-likeness (QED) is 0.671. The van der Waals surface area contributed by atoms with E-state index < -0.39 is 29.3 Å². The lowest BCUT2D eigenvalue weighted by molar-refractivity contribution is -0.137. The van der Waals surface area contributed by atoms with Crippen molar-refractivity contribution in [3.8, 4) is 6.07 Å². The lowest BCUT2D eigenvalue weighted by Crippen LogP contribution is -2.60. The number of rotatable bonds is 6. The summed E-state index contributed by atoms with van der Waals surface area (Å²) in [5, 5.41) is 11.6. The molecule has 1 saturated heterocycles. The molecule has 1 aliphatic heterocycles. The fourth-order valence-corrected chi connectivity index (χ4v) is 4.43. The first-order valence-electron chi connectivity index (χ1n) is 11.1. The number of aromatic nitrogens is 1. The van der Waals surface area contributed by atoms with Crippen LogP contribution in [0.3, 0.4) is 0 Å². The third kappa shape index (κ3) is 5.27. The number of benzene rings is 1. The zero-order valence-corrected chi connectivity index (χ0v) is 20.1. The maximum atomic E-state index is 13.5. The van der Waals surface area contributed by atoms with E-state index in [0.29, 0.717) is 18.7 Å². The topological polar surface area (TPSA) is 90.6 Å². The molecule has 1 N–H and O–H groups in total. The van der Waals surface area contributed by atoms with Gasteiger partial charge in [0.05, 0.1) is 35.9 Å². The van der Waals surface area contributed by atoms with E-state index in [4.69, 9.17) is 10.00 Å². The number of piperazine rings is 1. The lowest BCUT2D eigenvalue weighted by Gasteiger charge is -2.42. The number of likely N-dealkylation sites (N-methyl/N-ethyl adjacent to an activating group) is 1. The summed E-state index contributed by atoms with van der Waals surface area (Å²) in [4.78, 5) is 29.2. The number of halogens is 3. The maximum Gasteiger partial charge on any atom is 0.417 e. The summed E-state index contributed by atoms with van der Waals surface area (Å²) in [6.45, 7) is 5.19. The first-order chi connectivity index (χ1) is 16.5. The van der Waals surface area contributed by atoms with E-state index in [0.717, 1.165) is 23.5 Å². The SMILES string of the molecule is CNC(=O)C1CN(C(=O)c2cc(C)n(CCOC)c2C)CCN1c1ccc(C#N)c(C(F)(F)F)c1. The molecule has 3 rings (SSSR count). The van der Waals surface area contributed by atoms with Gasteiger partial charge in [0, 0.05) is 50.9 Å². The van der Waals surface area contributed by atoms with Crippen molar-refractivity contribution >= 4 is 17.5 Å². The van der Waals surface area contributed by atoms with Gasteiger partial charge in [-0.1, -0.05) is 0 Å². The molecule has 11 heteroatoms. The van der Waals surface area contributed by atoms with Crippen LogP contribution in [0.2, 0.25) is 0 Å². The first-order valence-corrected chi connectivity index (χ1v) is 11.1. The standard InChI is InChI=1S/C24H28F3N5O3/c1-15-11-19(16(2)31(15)9-10-35-4)23(34)30-7-8-32(21(14-30)22(33)29-3)18-6-5-17(13-28)20(12-18)24(25,26)27/h5-6,11-12,21H,7-10,14H2,1-4H3,(H,29,33). The van der Waals surface area contributed by atoms with Gasteiger partial charge in [0.25, 0.3) is 5.91 Å². The van der Waals surface area contributed by atoms with Crippen LogP contribution in [0, 0.1) is 25.2 Å². The Morgan fingerprint density at radius 2 is 1.94 bits per heavy atom. The number of methoxy groups -OCH3 is 1. The van der Waals surface area contributed by atoms with Crippen molar-refractivity contribution < 1.29 is 27.5 Å². The van der Waals surface area contributed by atoms with Gasteiger partial charge in [-0.05, 0) is 38.1 Å². The highest BCUT2D eigenvalue weighted by atomic mass is 19.4. The Hall–Kier alpha value is -3.52. The van der Waals surface area contributed by atoms with Crippen LogP contribution >= 0.6 is 0 Å². The van der Waals surface area contributed by atoms with Gasteiger partial charge >= 0.3 is 6.18 Å². The number of nitrogens with one attached hydrogen (secondary N) is 1. The Labute approximate surface area is 201 Å². The van der Waals surface area contributed by atoms with Crippen molar-refractivity contribution in [2.75, 3.05) is 45.3 Å². The number of carbonyl (C=O) groups excluding carboxylic acids is 2. The Kier molecular flexibility index (Phi) is 7.75. The van der Waals surface area contributed by atoms with Crippen LogP contribution in [0.15, 0.2) is 24.3 Å². The molecule has 2 aromatic rings. The van der Waals surface area contributed by atoms with Gasteiger partial charge in [-0.25, -0.2) is 0 Å². The highest BCUT2D eigenvalue weighted by Gasteiger charge is 2.38. The molecule has 188 valence electrons. The van der Waals surface area contributed by atoms with Crippen molar-refractivity contribution in [1.82, 2.24) is 14.8 Å². The molecule has 0 radical (unpaired) electrons. The van der Waals surface area contributed by atoms with Crippen LogP contribution in [-0.2, 0) is 22.3 Å². The monoisotopic (exact) mass is 491 g/mol. The molecule has 2 amide bonds. The molecule has 1 aliphatic rings. The Morgan fingerprint density at radius 3 is 2.54 bits per heavy atom. The molecule has 8 nitrogen and oxygen atoms in total. The average molecular weight is 492 g/mol. The number of hydrogen-bond donors (Lipinski definition) is 1. The fourth-order valence-electron chi connectivity index (χ4n) is 4.43. The third-order valence-corrected chi connectivity index (χ3v) is 6.30. The van der Waals surface area contributed by atoms with E-state index in [9.17, 15) is 22.8 Å². The lowest BCUT2D eigenvalue weighted by atomic mass is 10.0. The van der Waals surface area contributed by atoms with Gasteiger partial charge in [-0.3, -0.25) is 9.59 Å². The first kappa shape index (κ1) is 26.1. The maximum absolute atomic E-state index is 13.5. The summed E-state index contributed by atoms with van der Waals surface area (Å²) in [6, 6.07) is 5.84. The molecule has 1 fully saturated rings. The van der Waals surface area contributed by atoms with Crippen molar-refractivity contribution in [1.29, 1.82) is 5.26 Å². The van der Waals surface area contributed by atoms with E-state index >= 15 is 0 Å². The summed E-state index contributed by atoms with van der Waals surface area (Å²) >= 11 is 0. The number of aryl methyl sites for hydroxylation is 1. The van der Waals surface area contributed by atoms with Crippen molar-refractivity contribution in [3.05, 3.63) is 52.3 Å². The number of alkyl halides is 3. The van der Waals surface area contributed by atoms with Crippen molar-refractivity contribution in [2.24, 2.45) is 0 Å². The number of nitriles is 1. The number of hydrogen-bond acceptors (Lipinski definition) is 5. The van der Waals surface area contributed by atoms with Crippen molar-refractivity contribution in [3.63, 3.8) is 0 Å². The minimum Gasteiger partial charge on any atom is -0.383 e. The van der Waals surface area contributed by atoms with E-state index in [1.807, 2.05) is 18.4 Å². The number of amides is 2. The summed E-state index contributed by atoms with van der Waals surface area (Å²) in [6.07, 6.45) is -4.72. The average Bonchev–Trinajstić information content (AvgIpc) is 3.13. The predicted molar refractivity (Wildman–Crippen MR) is 123 cm³/mol. The third-order valence-electron chi connectivity index (χ3n) is 6.30. The minimum atomic E-state index is -4.72. The zero-order valence-electron chi connectivity index (χ0n) is 20.1. The molecule has 1 aromatic carbocycles. The zero-order chi connectivity index (χ0) is 25.9. The second kappa shape index (κ2) is 10.4. The number of carbonyl (C=O) groups is 2. The molecule has 1 atom stereocenters. The van der Waals surface area contributed by atoms with Gasteiger partial charge < -0.3 is 24.4 Å². The molecule has 0 bridgehead atoms. The highest BCUT2D eigenvalue weighted by Crippen LogP contribution is 2.35. The largest absolute Gasteiger partial charge is 0.417 e. The molecule has 35 heavy (non-hydrogen) atoms. The second-order valence-corrected chi connectivity index (χ2v) is 8.34. The summed E-state index contributed by atoms with van der Waals surface area (Å²) in [5.74, 6) is -0.669. The van der Waals surface area contributed by atoms with E-state index in [1.54, 1.807) is 29.0 Å². The van der Waals surface area contributed by atoms with E-state index in [1.165, 1.54) is 13.1 Å². The number of ether oxygens (including phenoxy) is 1. The predicted octanol–water partition coefficient (Wildman–Crippen LogP) is 2.72. The fraction of sp³-hybridized carbons (Fsp3) is 0.458. The van der Waals surface area contributed by atoms with Gasteiger partial charge in [0.1, 0.15) is 6.04 Å². The second-order valence-electron chi connectivity index (χ2n) is 8.34. The number of nitrogens with zero attached hydrogens (tertiary/aromatic N) is 4. The summed E-state index contributed by atoms with van der Waals surface area (Å²) in [7, 11) is 3.04. The molecular formula is C24H28F3N5O3. The Bertz CT molecular complexity index is 1150. The van der Waals surface area contributed by atoms with Crippen molar-refractivity contribution in [2.45, 2.75) is 32.6 Å². The van der Waals surface area contributed by atoms with Crippen LogP contribution in [-0.4, -0.2) is 67.7 Å². The molecule has 1 unspecified atom stereocenters. The van der Waals surface area contributed by atoms with E-state index in [-0.39, 0.29) is 31.2 Å². The van der Waals surface area contributed by atoms with Gasteiger partial charge in [-0.2, -0.15) is 18.4 Å². The molecule has 0 saturated carbocycles. The summed E-state index contributed by atoms with van der Waals surface area (Å²) < 4.78 is 47.6. The molecule has 2 heterocycles. The van der Waals surface area contributed by atoms with Crippen LogP contribution < -0.4 is 10.2 Å². The van der Waals surface area contributed by atoms with Crippen LogP contribution in [0.5, 0.6) is 0 Å². The highest BCUT2D eigenvalue weighted by molar-refractivity contribution is 5.97. The smallest absolute Gasteiger partial charge is 0.383 e. The van der Waals surface area contributed by atoms with Gasteiger partial charge in [-0.15, -0.1) is 0 Å². The van der Waals surface area contributed by atoms with Crippen LogP contribution in [0.4, 0.5) is 18.9 Å². The van der Waals surface area contributed by atoms with Gasteiger partial charge in [0.2, 0.25) is 5.91 Å².